The van der Waals surface area contributed by atoms with Gasteiger partial charge in [-0.05, 0) is 28.1 Å². The Labute approximate surface area is 121 Å². The minimum Gasteiger partial charge on any atom is -0.372 e. The molecule has 1 N–H and O–H groups in total. The predicted molar refractivity (Wildman–Crippen MR) is 69.3 cm³/mol. The topological polar surface area (TPSA) is 38.3 Å². The number of hydrogen-bond acceptors (Lipinski definition) is 2. The van der Waals surface area contributed by atoms with Crippen LogP contribution in [0, 0.1) is 0 Å². The average Bonchev–Trinajstić information content (AvgIpc) is 2.29. The van der Waals surface area contributed by atoms with E-state index >= 15 is 0 Å². The Morgan fingerprint density at radius 3 is 2.74 bits per heavy atom. The molecule has 3 nitrogen and oxygen atoms in total. The molecule has 0 unspecified atom stereocenters. The molecule has 1 aromatic rings. The molecule has 0 bridgehead atoms. The van der Waals surface area contributed by atoms with Crippen LogP contribution in [0.3, 0.4) is 0 Å². The molecule has 0 aromatic heterocycles. The number of carbonyl (C=O) groups excluding carboxylic acids is 1. The van der Waals surface area contributed by atoms with Gasteiger partial charge in [0.15, 0.2) is 0 Å². The maximum absolute atomic E-state index is 11.8. The lowest BCUT2D eigenvalue weighted by atomic mass is 10.3. The third kappa shape index (κ3) is 6.26. The maximum Gasteiger partial charge on any atom is 0.411 e. The van der Waals surface area contributed by atoms with Gasteiger partial charge >= 0.3 is 6.18 Å². The fourth-order valence-electron chi connectivity index (χ4n) is 1.17. The molecule has 8 heteroatoms. The van der Waals surface area contributed by atoms with Crippen LogP contribution in [0.25, 0.3) is 0 Å². The van der Waals surface area contributed by atoms with Gasteiger partial charge in [-0.25, -0.2) is 0 Å². The van der Waals surface area contributed by atoms with Crippen LogP contribution in [0.15, 0.2) is 22.7 Å². The summed E-state index contributed by atoms with van der Waals surface area (Å²) in [6.07, 6.45) is -4.55. The van der Waals surface area contributed by atoms with Crippen molar-refractivity contribution in [3.8, 4) is 0 Å². The van der Waals surface area contributed by atoms with Crippen molar-refractivity contribution in [1.29, 1.82) is 0 Å². The van der Waals surface area contributed by atoms with E-state index in [-0.39, 0.29) is 13.0 Å². The zero-order valence-electron chi connectivity index (χ0n) is 9.56. The van der Waals surface area contributed by atoms with Crippen LogP contribution in [0.5, 0.6) is 0 Å². The van der Waals surface area contributed by atoms with E-state index in [2.05, 4.69) is 26.0 Å². The monoisotopic (exact) mass is 359 g/mol. The number of ether oxygens (including phenoxy) is 1. The van der Waals surface area contributed by atoms with E-state index in [1.54, 1.807) is 18.2 Å². The van der Waals surface area contributed by atoms with Crippen molar-refractivity contribution in [2.24, 2.45) is 0 Å². The second-order valence-corrected chi connectivity index (χ2v) is 4.77. The highest BCUT2D eigenvalue weighted by molar-refractivity contribution is 9.10. The van der Waals surface area contributed by atoms with Gasteiger partial charge in [0.25, 0.3) is 0 Å². The number of rotatable bonds is 5. The van der Waals surface area contributed by atoms with Crippen LogP contribution in [0.2, 0.25) is 5.02 Å². The quantitative estimate of drug-likeness (QED) is 0.806. The van der Waals surface area contributed by atoms with Crippen LogP contribution in [0.1, 0.15) is 6.42 Å². The molecule has 0 saturated carbocycles. The minimum absolute atomic E-state index is 0.172. The maximum atomic E-state index is 11.8. The molecule has 0 saturated heterocycles. The lowest BCUT2D eigenvalue weighted by Gasteiger charge is -2.09. The SMILES string of the molecule is O=C(CCOCC(F)(F)F)Nc1cccc(Cl)c1Br. The first-order valence-corrected chi connectivity index (χ1v) is 6.35. The third-order valence-corrected chi connectivity index (χ3v) is 3.36. The molecule has 0 radical (unpaired) electrons. The number of halogens is 5. The average molecular weight is 361 g/mol. The largest absolute Gasteiger partial charge is 0.411 e. The first-order chi connectivity index (χ1) is 8.79. The summed E-state index contributed by atoms with van der Waals surface area (Å²) in [4.78, 5) is 11.5. The zero-order chi connectivity index (χ0) is 14.5. The van der Waals surface area contributed by atoms with E-state index in [4.69, 9.17) is 11.6 Å². The number of anilines is 1. The van der Waals surface area contributed by atoms with Gasteiger partial charge in [-0.3, -0.25) is 4.79 Å². The van der Waals surface area contributed by atoms with Gasteiger partial charge < -0.3 is 10.1 Å². The van der Waals surface area contributed by atoms with E-state index < -0.39 is 18.7 Å². The van der Waals surface area contributed by atoms with Gasteiger partial charge in [-0.15, -0.1) is 0 Å². The highest BCUT2D eigenvalue weighted by Crippen LogP contribution is 2.30. The normalized spacial score (nSPS) is 11.4. The van der Waals surface area contributed by atoms with Gasteiger partial charge in [-0.2, -0.15) is 13.2 Å². The van der Waals surface area contributed by atoms with Gasteiger partial charge in [0.1, 0.15) is 6.61 Å². The third-order valence-electron chi connectivity index (χ3n) is 1.96. The molecule has 1 rings (SSSR count). The second-order valence-electron chi connectivity index (χ2n) is 3.57. The summed E-state index contributed by atoms with van der Waals surface area (Å²) in [5, 5.41) is 2.94. The first kappa shape index (κ1) is 16.3. The Bertz CT molecular complexity index is 454. The Kier molecular flexibility index (Phi) is 6.09. The summed E-state index contributed by atoms with van der Waals surface area (Å²) < 4.78 is 40.2. The fourth-order valence-corrected chi connectivity index (χ4v) is 1.70. The molecular formula is C11H10BrClF3NO2. The molecule has 0 aliphatic rings. The summed E-state index contributed by atoms with van der Waals surface area (Å²) in [6, 6.07) is 4.89. The number of hydrogen-bond donors (Lipinski definition) is 1. The Balaban J connectivity index is 2.38. The summed E-state index contributed by atoms with van der Waals surface area (Å²) in [6.45, 7) is -1.66. The fraction of sp³-hybridized carbons (Fsp3) is 0.364. The number of amides is 1. The minimum atomic E-state index is -4.38. The molecule has 106 valence electrons. The Morgan fingerprint density at radius 2 is 2.11 bits per heavy atom. The molecule has 0 aliphatic carbocycles. The lowest BCUT2D eigenvalue weighted by molar-refractivity contribution is -0.174. The van der Waals surface area contributed by atoms with E-state index in [1.807, 2.05) is 0 Å². The molecule has 1 aromatic carbocycles. The summed E-state index contributed by atoms with van der Waals surface area (Å²) in [5.41, 5.74) is 0.452. The zero-order valence-corrected chi connectivity index (χ0v) is 11.9. The Morgan fingerprint density at radius 1 is 1.42 bits per heavy atom. The van der Waals surface area contributed by atoms with E-state index in [1.165, 1.54) is 0 Å². The van der Waals surface area contributed by atoms with E-state index in [9.17, 15) is 18.0 Å². The highest BCUT2D eigenvalue weighted by Gasteiger charge is 2.27. The first-order valence-electron chi connectivity index (χ1n) is 5.18. The van der Waals surface area contributed by atoms with Crippen molar-refractivity contribution in [3.05, 3.63) is 27.7 Å². The predicted octanol–water partition coefficient (Wildman–Crippen LogP) is 4.01. The van der Waals surface area contributed by atoms with Gasteiger partial charge in [0, 0.05) is 0 Å². The van der Waals surface area contributed by atoms with Gasteiger partial charge in [0.2, 0.25) is 5.91 Å². The van der Waals surface area contributed by atoms with Gasteiger partial charge in [-0.1, -0.05) is 17.7 Å². The lowest BCUT2D eigenvalue weighted by Crippen LogP contribution is -2.20. The standard InChI is InChI=1S/C11H10BrClF3NO2/c12-10-7(13)2-1-3-8(10)17-9(18)4-5-19-6-11(14,15)16/h1-3H,4-6H2,(H,17,18). The van der Waals surface area contributed by atoms with Gasteiger partial charge in [0.05, 0.1) is 28.2 Å². The van der Waals surface area contributed by atoms with Crippen LogP contribution < -0.4 is 5.32 Å². The molecule has 0 spiro atoms. The summed E-state index contributed by atoms with van der Waals surface area (Å²) in [5.74, 6) is -0.454. The molecule has 1 amide bonds. The number of nitrogens with one attached hydrogen (secondary N) is 1. The van der Waals surface area contributed by atoms with Crippen molar-refractivity contribution >= 4 is 39.1 Å². The van der Waals surface area contributed by atoms with Crippen molar-refractivity contribution < 1.29 is 22.7 Å². The summed E-state index contributed by atoms with van der Waals surface area (Å²) in [7, 11) is 0. The van der Waals surface area contributed by atoms with E-state index in [0.717, 1.165) is 0 Å². The van der Waals surface area contributed by atoms with Crippen molar-refractivity contribution in [2.45, 2.75) is 12.6 Å². The smallest absolute Gasteiger partial charge is 0.372 e. The molecular weight excluding hydrogens is 350 g/mol. The summed E-state index contributed by atoms with van der Waals surface area (Å²) >= 11 is 9.02. The van der Waals surface area contributed by atoms with Crippen molar-refractivity contribution in [2.75, 3.05) is 18.5 Å². The van der Waals surface area contributed by atoms with Crippen LogP contribution in [-0.2, 0) is 9.53 Å². The van der Waals surface area contributed by atoms with Crippen LogP contribution >= 0.6 is 27.5 Å². The number of alkyl halides is 3. The van der Waals surface area contributed by atoms with E-state index in [0.29, 0.717) is 15.2 Å². The van der Waals surface area contributed by atoms with Crippen molar-refractivity contribution in [3.63, 3.8) is 0 Å². The molecule has 19 heavy (non-hydrogen) atoms. The number of carbonyl (C=O) groups is 1. The molecule has 0 fully saturated rings. The van der Waals surface area contributed by atoms with Crippen LogP contribution in [0.4, 0.5) is 18.9 Å². The molecule has 0 atom stereocenters. The molecule has 0 heterocycles. The van der Waals surface area contributed by atoms with Crippen molar-refractivity contribution in [1.82, 2.24) is 0 Å². The molecule has 0 aliphatic heterocycles. The van der Waals surface area contributed by atoms with Crippen LogP contribution in [-0.4, -0.2) is 25.3 Å². The highest BCUT2D eigenvalue weighted by atomic mass is 79.9. The Hall–Kier alpha value is -0.790. The number of benzene rings is 1. The second kappa shape index (κ2) is 7.12.